The van der Waals surface area contributed by atoms with Gasteiger partial charge in [0.25, 0.3) is 0 Å². The van der Waals surface area contributed by atoms with Crippen LogP contribution in [-0.2, 0) is 29.1 Å². The molecule has 0 radical (unpaired) electrons. The topological polar surface area (TPSA) is 78.9 Å². The van der Waals surface area contributed by atoms with Gasteiger partial charge in [-0.05, 0) is 46.4 Å². The quantitative estimate of drug-likeness (QED) is 0.655. The number of hydrogen-bond donors (Lipinski definition) is 2. The number of ether oxygens (including phenoxy) is 1. The van der Waals surface area contributed by atoms with Gasteiger partial charge in [0.2, 0.25) is 12.3 Å². The Morgan fingerprint density at radius 1 is 1.29 bits per heavy atom. The van der Waals surface area contributed by atoms with Gasteiger partial charge in [0, 0.05) is 19.6 Å². The lowest BCUT2D eigenvalue weighted by Gasteiger charge is -2.34. The van der Waals surface area contributed by atoms with E-state index in [1.165, 1.54) is 0 Å². The molecule has 2 amide bonds. The Kier molecular flexibility index (Phi) is 6.84. The van der Waals surface area contributed by atoms with Crippen molar-refractivity contribution in [1.29, 1.82) is 0 Å². The highest BCUT2D eigenvalue weighted by atomic mass is 19.4. The lowest BCUT2D eigenvalue weighted by atomic mass is 9.87. The van der Waals surface area contributed by atoms with Gasteiger partial charge in [0.15, 0.2) is 5.92 Å². The number of aliphatic hydroxyl groups is 1. The zero-order valence-corrected chi connectivity index (χ0v) is 16.9. The summed E-state index contributed by atoms with van der Waals surface area (Å²) < 4.78 is 44.8. The number of halogens is 3. The fourth-order valence-corrected chi connectivity index (χ4v) is 3.85. The number of benzene rings is 2. The maximum Gasteiger partial charge on any atom is 0.402 e. The summed E-state index contributed by atoms with van der Waals surface area (Å²) in [6, 6.07) is 11.1. The number of methoxy groups -OCH3 is 1. The number of fused-ring (bicyclic) bond motifs is 1. The Balaban J connectivity index is 2.01. The number of alkyl halides is 3. The van der Waals surface area contributed by atoms with Crippen LogP contribution in [0.15, 0.2) is 36.4 Å². The highest BCUT2D eigenvalue weighted by Gasteiger charge is 2.46. The molecule has 2 aromatic carbocycles. The molecule has 166 valence electrons. The van der Waals surface area contributed by atoms with Crippen LogP contribution in [0.5, 0.6) is 5.75 Å². The monoisotopic (exact) mass is 436 g/mol. The first-order valence-corrected chi connectivity index (χ1v) is 9.71. The molecular formula is C22H23F3N2O4. The fourth-order valence-electron chi connectivity index (χ4n) is 3.85. The first kappa shape index (κ1) is 22.6. The molecule has 9 heteroatoms. The van der Waals surface area contributed by atoms with Crippen LogP contribution in [0, 0.1) is 5.92 Å². The van der Waals surface area contributed by atoms with Gasteiger partial charge in [-0.2, -0.15) is 13.2 Å². The molecule has 1 atom stereocenters. The van der Waals surface area contributed by atoms with Crippen LogP contribution in [0.25, 0.3) is 11.1 Å². The molecule has 0 aromatic heterocycles. The van der Waals surface area contributed by atoms with E-state index in [0.29, 0.717) is 24.1 Å². The predicted molar refractivity (Wildman–Crippen MR) is 107 cm³/mol. The first-order chi connectivity index (χ1) is 14.8. The molecule has 1 heterocycles. The highest BCUT2D eigenvalue weighted by molar-refractivity contribution is 5.81. The second-order valence-corrected chi connectivity index (χ2v) is 7.25. The Bertz CT molecular complexity index is 962. The van der Waals surface area contributed by atoms with Gasteiger partial charge in [-0.15, -0.1) is 0 Å². The van der Waals surface area contributed by atoms with Crippen molar-refractivity contribution in [3.05, 3.63) is 53.1 Å². The van der Waals surface area contributed by atoms with Gasteiger partial charge < -0.3 is 20.1 Å². The average molecular weight is 436 g/mol. The smallest absolute Gasteiger partial charge is 0.402 e. The Morgan fingerprint density at radius 2 is 2.06 bits per heavy atom. The fraction of sp³-hybridized carbons (Fsp3) is 0.364. The molecule has 0 fully saturated rings. The van der Waals surface area contributed by atoms with Crippen LogP contribution in [0.4, 0.5) is 13.2 Å². The van der Waals surface area contributed by atoms with Crippen LogP contribution in [-0.4, -0.2) is 48.8 Å². The molecule has 6 nitrogen and oxygen atoms in total. The summed E-state index contributed by atoms with van der Waals surface area (Å²) in [4.78, 5) is 24.4. The molecule has 1 aliphatic rings. The van der Waals surface area contributed by atoms with Gasteiger partial charge in [-0.25, -0.2) is 0 Å². The van der Waals surface area contributed by atoms with Crippen LogP contribution in [0.2, 0.25) is 0 Å². The highest BCUT2D eigenvalue weighted by Crippen LogP contribution is 2.35. The summed E-state index contributed by atoms with van der Waals surface area (Å²) in [5.74, 6) is -2.93. The third-order valence-corrected chi connectivity index (χ3v) is 5.45. The standard InChI is InChI=1S/C22H23F3N2O4/c1-31-16-4-2-3-14(9-16)17-6-5-15(10-26-13-29)19-11-27(8-7-18(17)19)21(30)20(12-28)22(23,24)25/h2-6,9,13,20,28H,7-8,10-12H2,1H3,(H,26,29). The van der Waals surface area contributed by atoms with E-state index in [1.54, 1.807) is 13.2 Å². The molecule has 31 heavy (non-hydrogen) atoms. The average Bonchev–Trinajstić information content (AvgIpc) is 2.76. The normalized spacial score (nSPS) is 14.5. The second-order valence-electron chi connectivity index (χ2n) is 7.25. The van der Waals surface area contributed by atoms with Crippen molar-refractivity contribution in [2.45, 2.75) is 25.7 Å². The summed E-state index contributed by atoms with van der Waals surface area (Å²) in [5.41, 5.74) is 4.11. The van der Waals surface area contributed by atoms with Crippen molar-refractivity contribution < 1.29 is 32.6 Å². The minimum absolute atomic E-state index is 0.0333. The number of hydrogen-bond acceptors (Lipinski definition) is 4. The van der Waals surface area contributed by atoms with Gasteiger partial charge in [0.05, 0.1) is 13.7 Å². The van der Waals surface area contributed by atoms with E-state index in [9.17, 15) is 22.8 Å². The van der Waals surface area contributed by atoms with E-state index < -0.39 is 24.6 Å². The van der Waals surface area contributed by atoms with Gasteiger partial charge in [-0.1, -0.05) is 24.3 Å². The van der Waals surface area contributed by atoms with Crippen molar-refractivity contribution in [3.63, 3.8) is 0 Å². The molecule has 0 bridgehead atoms. The van der Waals surface area contributed by atoms with Crippen molar-refractivity contribution in [3.8, 4) is 16.9 Å². The first-order valence-electron chi connectivity index (χ1n) is 9.71. The lowest BCUT2D eigenvalue weighted by molar-refractivity contribution is -0.196. The number of carbonyl (C=O) groups excluding carboxylic acids is 2. The zero-order chi connectivity index (χ0) is 22.6. The van der Waals surface area contributed by atoms with Crippen molar-refractivity contribution in [2.24, 2.45) is 5.92 Å². The minimum atomic E-state index is -4.82. The molecule has 1 unspecified atom stereocenters. The molecule has 3 rings (SSSR count). The molecule has 2 N–H and O–H groups in total. The van der Waals surface area contributed by atoms with Gasteiger partial charge >= 0.3 is 6.18 Å². The molecular weight excluding hydrogens is 413 g/mol. The van der Waals surface area contributed by atoms with Crippen molar-refractivity contribution in [1.82, 2.24) is 10.2 Å². The number of rotatable bonds is 7. The summed E-state index contributed by atoms with van der Waals surface area (Å²) in [5, 5.41) is 11.7. The number of nitrogens with zero attached hydrogens (tertiary/aromatic N) is 1. The number of nitrogens with one attached hydrogen (secondary N) is 1. The van der Waals surface area contributed by atoms with Crippen LogP contribution in [0.1, 0.15) is 16.7 Å². The van der Waals surface area contributed by atoms with E-state index in [0.717, 1.165) is 27.2 Å². The van der Waals surface area contributed by atoms with Crippen molar-refractivity contribution >= 4 is 12.3 Å². The van der Waals surface area contributed by atoms with E-state index in [4.69, 9.17) is 9.84 Å². The van der Waals surface area contributed by atoms with E-state index >= 15 is 0 Å². The lowest BCUT2D eigenvalue weighted by Crippen LogP contribution is -2.46. The van der Waals surface area contributed by atoms with Gasteiger partial charge in [0.1, 0.15) is 5.75 Å². The SMILES string of the molecule is COc1cccc(-c2ccc(CNC=O)c3c2CCN(C(=O)C(CO)C(F)(F)F)C3)c1. The Labute approximate surface area is 177 Å². The Morgan fingerprint density at radius 3 is 2.71 bits per heavy atom. The molecule has 0 saturated heterocycles. The zero-order valence-electron chi connectivity index (χ0n) is 16.9. The molecule has 0 aliphatic carbocycles. The summed E-state index contributed by atoms with van der Waals surface area (Å²) in [6.45, 7) is -1.04. The molecule has 2 aromatic rings. The second kappa shape index (κ2) is 9.38. The minimum Gasteiger partial charge on any atom is -0.497 e. The van der Waals surface area contributed by atoms with E-state index in [1.807, 2.05) is 30.3 Å². The molecule has 0 saturated carbocycles. The predicted octanol–water partition coefficient (Wildman–Crippen LogP) is 2.66. The summed E-state index contributed by atoms with van der Waals surface area (Å²) >= 11 is 0. The largest absolute Gasteiger partial charge is 0.497 e. The summed E-state index contributed by atoms with van der Waals surface area (Å²) in [6.07, 6.45) is -3.94. The van der Waals surface area contributed by atoms with E-state index in [-0.39, 0.29) is 19.6 Å². The van der Waals surface area contributed by atoms with Crippen LogP contribution < -0.4 is 10.1 Å². The number of carbonyl (C=O) groups is 2. The third-order valence-electron chi connectivity index (χ3n) is 5.45. The maximum atomic E-state index is 13.2. The van der Waals surface area contributed by atoms with Crippen molar-refractivity contribution in [2.75, 3.05) is 20.3 Å². The van der Waals surface area contributed by atoms with Gasteiger partial charge in [-0.3, -0.25) is 9.59 Å². The molecule has 0 spiro atoms. The molecule has 1 aliphatic heterocycles. The van der Waals surface area contributed by atoms with E-state index in [2.05, 4.69) is 5.32 Å². The van der Waals surface area contributed by atoms with Crippen LogP contribution in [0.3, 0.4) is 0 Å². The maximum absolute atomic E-state index is 13.2. The number of aliphatic hydroxyl groups excluding tert-OH is 1. The third kappa shape index (κ3) is 4.82. The summed E-state index contributed by atoms with van der Waals surface area (Å²) in [7, 11) is 1.56. The number of amides is 2. The van der Waals surface area contributed by atoms with Crippen LogP contribution >= 0.6 is 0 Å². The Hall–Kier alpha value is -3.07.